The Morgan fingerprint density at radius 1 is 1.45 bits per heavy atom. The van der Waals surface area contributed by atoms with Crippen molar-refractivity contribution in [2.24, 2.45) is 11.8 Å². The van der Waals surface area contributed by atoms with Crippen molar-refractivity contribution in [2.75, 3.05) is 13.1 Å². The van der Waals surface area contributed by atoms with Gasteiger partial charge in [-0.05, 0) is 30.5 Å². The minimum Gasteiger partial charge on any atom is -0.481 e. The summed E-state index contributed by atoms with van der Waals surface area (Å²) < 4.78 is 0.817. The molecule has 1 aliphatic heterocycles. The molecular formula is C14H15BrClNO3. The fourth-order valence-electron chi connectivity index (χ4n) is 2.53. The van der Waals surface area contributed by atoms with Crippen molar-refractivity contribution >= 4 is 39.4 Å². The van der Waals surface area contributed by atoms with E-state index in [0.29, 0.717) is 30.1 Å². The second-order valence-electron chi connectivity index (χ2n) is 5.09. The van der Waals surface area contributed by atoms with Crippen LogP contribution in [0.1, 0.15) is 23.7 Å². The molecule has 1 aromatic rings. The minimum absolute atomic E-state index is 0.0561. The summed E-state index contributed by atoms with van der Waals surface area (Å²) in [6.07, 6.45) is 0.483. The number of benzene rings is 1. The van der Waals surface area contributed by atoms with Crippen molar-refractivity contribution in [1.29, 1.82) is 0 Å². The van der Waals surface area contributed by atoms with E-state index in [1.807, 2.05) is 6.92 Å². The first kappa shape index (κ1) is 15.3. The highest BCUT2D eigenvalue weighted by molar-refractivity contribution is 9.10. The van der Waals surface area contributed by atoms with E-state index in [0.717, 1.165) is 4.47 Å². The SMILES string of the molecule is CC1CN(C(=O)c2ccc(Br)cc2Cl)CCC1C(=O)O. The van der Waals surface area contributed by atoms with Crippen LogP contribution in [-0.4, -0.2) is 35.0 Å². The van der Waals surface area contributed by atoms with Gasteiger partial charge in [0.2, 0.25) is 0 Å². The van der Waals surface area contributed by atoms with Gasteiger partial charge in [-0.3, -0.25) is 9.59 Å². The number of aliphatic carboxylic acids is 1. The molecule has 0 aliphatic carbocycles. The molecule has 1 fully saturated rings. The summed E-state index contributed by atoms with van der Waals surface area (Å²) in [4.78, 5) is 25.2. The Labute approximate surface area is 130 Å². The van der Waals surface area contributed by atoms with E-state index in [9.17, 15) is 9.59 Å². The van der Waals surface area contributed by atoms with E-state index in [1.54, 1.807) is 23.1 Å². The number of piperidine rings is 1. The minimum atomic E-state index is -0.786. The van der Waals surface area contributed by atoms with E-state index in [-0.39, 0.29) is 17.7 Å². The molecular weight excluding hydrogens is 346 g/mol. The first-order valence-electron chi connectivity index (χ1n) is 6.37. The standard InChI is InChI=1S/C14H15BrClNO3/c1-8-7-17(5-4-10(8)14(19)20)13(18)11-3-2-9(15)6-12(11)16/h2-3,6,8,10H,4-5,7H2,1H3,(H,19,20). The number of carbonyl (C=O) groups is 2. The molecule has 0 spiro atoms. The Bertz CT molecular complexity index is 549. The van der Waals surface area contributed by atoms with Gasteiger partial charge in [-0.2, -0.15) is 0 Å². The number of hydrogen-bond acceptors (Lipinski definition) is 2. The van der Waals surface area contributed by atoms with Gasteiger partial charge in [0.25, 0.3) is 5.91 Å². The summed E-state index contributed by atoms with van der Waals surface area (Å²) in [6, 6.07) is 5.14. The lowest BCUT2D eigenvalue weighted by Gasteiger charge is -2.35. The number of hydrogen-bond donors (Lipinski definition) is 1. The number of carbonyl (C=O) groups excluding carboxylic acids is 1. The summed E-state index contributed by atoms with van der Waals surface area (Å²) in [5.41, 5.74) is 0.454. The quantitative estimate of drug-likeness (QED) is 0.880. The lowest BCUT2D eigenvalue weighted by molar-refractivity contribution is -0.145. The van der Waals surface area contributed by atoms with Gasteiger partial charge in [0.05, 0.1) is 16.5 Å². The molecule has 2 rings (SSSR count). The summed E-state index contributed by atoms with van der Waals surface area (Å²) >= 11 is 9.39. The largest absolute Gasteiger partial charge is 0.481 e. The van der Waals surface area contributed by atoms with E-state index < -0.39 is 5.97 Å². The van der Waals surface area contributed by atoms with Gasteiger partial charge in [-0.1, -0.05) is 34.5 Å². The first-order valence-corrected chi connectivity index (χ1v) is 7.54. The van der Waals surface area contributed by atoms with Gasteiger partial charge in [-0.15, -0.1) is 0 Å². The van der Waals surface area contributed by atoms with Gasteiger partial charge >= 0.3 is 5.97 Å². The third-order valence-electron chi connectivity index (χ3n) is 3.67. The second-order valence-corrected chi connectivity index (χ2v) is 6.41. The summed E-state index contributed by atoms with van der Waals surface area (Å²) in [6.45, 7) is 2.76. The number of likely N-dealkylation sites (tertiary alicyclic amines) is 1. The zero-order chi connectivity index (χ0) is 14.9. The van der Waals surface area contributed by atoms with Crippen LogP contribution >= 0.6 is 27.5 Å². The molecule has 6 heteroatoms. The molecule has 0 bridgehead atoms. The van der Waals surface area contributed by atoms with Gasteiger partial charge < -0.3 is 10.0 Å². The molecule has 0 saturated carbocycles. The van der Waals surface area contributed by atoms with Gasteiger partial charge in [-0.25, -0.2) is 0 Å². The molecule has 1 aliphatic rings. The van der Waals surface area contributed by atoms with E-state index in [4.69, 9.17) is 16.7 Å². The van der Waals surface area contributed by atoms with Crippen LogP contribution in [0.4, 0.5) is 0 Å². The molecule has 1 N–H and O–H groups in total. The van der Waals surface area contributed by atoms with Crippen LogP contribution in [0.15, 0.2) is 22.7 Å². The van der Waals surface area contributed by atoms with Crippen molar-refractivity contribution in [3.63, 3.8) is 0 Å². The van der Waals surface area contributed by atoms with Crippen LogP contribution in [0.3, 0.4) is 0 Å². The molecule has 1 amide bonds. The topological polar surface area (TPSA) is 57.6 Å². The van der Waals surface area contributed by atoms with Gasteiger partial charge in [0.1, 0.15) is 0 Å². The van der Waals surface area contributed by atoms with Crippen molar-refractivity contribution in [3.05, 3.63) is 33.3 Å². The average Bonchev–Trinajstić information content (AvgIpc) is 2.37. The molecule has 4 nitrogen and oxygen atoms in total. The van der Waals surface area contributed by atoms with Gasteiger partial charge in [0.15, 0.2) is 0 Å². The molecule has 1 saturated heterocycles. The molecule has 2 unspecified atom stereocenters. The smallest absolute Gasteiger partial charge is 0.306 e. The van der Waals surface area contributed by atoms with Crippen LogP contribution in [0, 0.1) is 11.8 Å². The summed E-state index contributed by atoms with van der Waals surface area (Å²) in [5, 5.41) is 9.50. The molecule has 1 heterocycles. The normalized spacial score (nSPS) is 22.6. The number of carboxylic acids is 1. The molecule has 0 radical (unpaired) electrons. The zero-order valence-electron chi connectivity index (χ0n) is 11.0. The van der Waals surface area contributed by atoms with E-state index in [2.05, 4.69) is 15.9 Å². The number of amides is 1. The predicted octanol–water partition coefficient (Wildman–Crippen LogP) is 3.29. The Balaban J connectivity index is 2.13. The number of halogens is 2. The van der Waals surface area contributed by atoms with E-state index in [1.165, 1.54) is 0 Å². The summed E-state index contributed by atoms with van der Waals surface area (Å²) in [5.74, 6) is -1.36. The Kier molecular flexibility index (Phi) is 4.70. The van der Waals surface area contributed by atoms with Crippen LogP contribution in [0.5, 0.6) is 0 Å². The second kappa shape index (κ2) is 6.14. The maximum atomic E-state index is 12.4. The summed E-state index contributed by atoms with van der Waals surface area (Å²) in [7, 11) is 0. The van der Waals surface area contributed by atoms with Crippen LogP contribution < -0.4 is 0 Å². The maximum absolute atomic E-state index is 12.4. The van der Waals surface area contributed by atoms with Gasteiger partial charge in [0, 0.05) is 17.6 Å². The monoisotopic (exact) mass is 359 g/mol. The van der Waals surface area contributed by atoms with E-state index >= 15 is 0 Å². The zero-order valence-corrected chi connectivity index (χ0v) is 13.3. The van der Waals surface area contributed by atoms with Crippen molar-refractivity contribution in [3.8, 4) is 0 Å². The Hall–Kier alpha value is -1.07. The highest BCUT2D eigenvalue weighted by Crippen LogP contribution is 2.27. The Morgan fingerprint density at radius 2 is 2.15 bits per heavy atom. The molecule has 108 valence electrons. The van der Waals surface area contributed by atoms with Crippen LogP contribution in [-0.2, 0) is 4.79 Å². The lowest BCUT2D eigenvalue weighted by Crippen LogP contribution is -2.45. The fourth-order valence-corrected chi connectivity index (χ4v) is 3.28. The lowest BCUT2D eigenvalue weighted by atomic mass is 9.87. The maximum Gasteiger partial charge on any atom is 0.306 e. The average molecular weight is 361 g/mol. The fraction of sp³-hybridized carbons (Fsp3) is 0.429. The number of carboxylic acid groups (broad SMARTS) is 1. The number of rotatable bonds is 2. The molecule has 2 atom stereocenters. The predicted molar refractivity (Wildman–Crippen MR) is 80.0 cm³/mol. The van der Waals surface area contributed by atoms with Crippen molar-refractivity contribution < 1.29 is 14.7 Å². The highest BCUT2D eigenvalue weighted by atomic mass is 79.9. The number of nitrogens with zero attached hydrogens (tertiary/aromatic N) is 1. The third kappa shape index (κ3) is 3.15. The molecule has 1 aromatic carbocycles. The first-order chi connectivity index (χ1) is 9.40. The highest BCUT2D eigenvalue weighted by Gasteiger charge is 2.33. The third-order valence-corrected chi connectivity index (χ3v) is 4.48. The van der Waals surface area contributed by atoms with Crippen LogP contribution in [0.25, 0.3) is 0 Å². The van der Waals surface area contributed by atoms with Crippen molar-refractivity contribution in [2.45, 2.75) is 13.3 Å². The van der Waals surface area contributed by atoms with Crippen molar-refractivity contribution in [1.82, 2.24) is 4.90 Å². The molecule has 20 heavy (non-hydrogen) atoms. The van der Waals surface area contributed by atoms with Crippen LogP contribution in [0.2, 0.25) is 5.02 Å². The Morgan fingerprint density at radius 3 is 2.70 bits per heavy atom. The molecule has 0 aromatic heterocycles.